The van der Waals surface area contributed by atoms with Crippen molar-refractivity contribution in [2.45, 2.75) is 27.7 Å². The van der Waals surface area contributed by atoms with Crippen molar-refractivity contribution in [2.24, 2.45) is 0 Å². The van der Waals surface area contributed by atoms with E-state index in [1.807, 2.05) is 44.2 Å². The number of hydrogen-bond donors (Lipinski definition) is 1. The highest BCUT2D eigenvalue weighted by atomic mass is 16.1. The Morgan fingerprint density at radius 2 is 1.86 bits per heavy atom. The molecule has 2 rings (SSSR count). The second-order valence-corrected chi connectivity index (χ2v) is 5.34. The number of rotatable bonds is 5. The third kappa shape index (κ3) is 3.64. The normalized spacial score (nSPS) is 10.4. The number of hydrogen-bond acceptors (Lipinski definition) is 3. The zero-order chi connectivity index (χ0) is 16.1. The predicted molar refractivity (Wildman–Crippen MR) is 91.7 cm³/mol. The van der Waals surface area contributed by atoms with Crippen molar-refractivity contribution in [3.8, 4) is 0 Å². The van der Waals surface area contributed by atoms with Gasteiger partial charge in [0.1, 0.15) is 5.69 Å². The minimum Gasteiger partial charge on any atom is -0.372 e. The van der Waals surface area contributed by atoms with Crippen LogP contribution in [0.2, 0.25) is 0 Å². The third-order valence-electron chi connectivity index (χ3n) is 3.75. The lowest BCUT2D eigenvalue weighted by atomic mass is 10.1. The van der Waals surface area contributed by atoms with E-state index < -0.39 is 0 Å². The molecule has 1 aromatic carbocycles. The van der Waals surface area contributed by atoms with Crippen molar-refractivity contribution in [2.75, 3.05) is 23.3 Å². The average Bonchev–Trinajstić information content (AvgIpc) is 2.52. The van der Waals surface area contributed by atoms with Gasteiger partial charge in [0.2, 0.25) is 0 Å². The number of anilines is 2. The van der Waals surface area contributed by atoms with Crippen molar-refractivity contribution >= 4 is 17.3 Å². The molecule has 2 aromatic rings. The molecule has 0 spiro atoms. The number of nitrogens with zero attached hydrogens (tertiary/aromatic N) is 2. The van der Waals surface area contributed by atoms with Gasteiger partial charge < -0.3 is 10.2 Å². The Bertz CT molecular complexity index is 663. The Labute approximate surface area is 132 Å². The number of carbonyl (C=O) groups excluding carboxylic acids is 1. The van der Waals surface area contributed by atoms with E-state index in [0.29, 0.717) is 5.69 Å². The molecular weight excluding hydrogens is 274 g/mol. The SMILES string of the molecule is CCN(CC)c1ccnc(C(=O)Nc2cc(C)ccc2C)c1. The molecule has 0 unspecified atom stereocenters. The molecule has 0 saturated carbocycles. The number of amides is 1. The van der Waals surface area contributed by atoms with E-state index in [1.165, 1.54) is 0 Å². The van der Waals surface area contributed by atoms with Crippen molar-refractivity contribution in [3.05, 3.63) is 53.3 Å². The van der Waals surface area contributed by atoms with Crippen LogP contribution in [0.1, 0.15) is 35.5 Å². The summed E-state index contributed by atoms with van der Waals surface area (Å²) in [6.45, 7) is 9.99. The van der Waals surface area contributed by atoms with Crippen molar-refractivity contribution in [1.29, 1.82) is 0 Å². The summed E-state index contributed by atoms with van der Waals surface area (Å²) in [7, 11) is 0. The standard InChI is InChI=1S/C18H23N3O/c1-5-21(6-2)15-9-10-19-17(12-15)18(22)20-16-11-13(3)7-8-14(16)4/h7-12H,5-6H2,1-4H3,(H,20,22). The Hall–Kier alpha value is -2.36. The first-order valence-electron chi connectivity index (χ1n) is 7.64. The van der Waals surface area contributed by atoms with Gasteiger partial charge in [0.25, 0.3) is 5.91 Å². The van der Waals surface area contributed by atoms with Crippen LogP contribution in [-0.4, -0.2) is 24.0 Å². The Morgan fingerprint density at radius 3 is 2.55 bits per heavy atom. The highest BCUT2D eigenvalue weighted by molar-refractivity contribution is 6.03. The minimum atomic E-state index is -0.178. The Morgan fingerprint density at radius 1 is 1.14 bits per heavy atom. The molecule has 0 atom stereocenters. The van der Waals surface area contributed by atoms with Crippen molar-refractivity contribution in [1.82, 2.24) is 4.98 Å². The zero-order valence-corrected chi connectivity index (χ0v) is 13.7. The predicted octanol–water partition coefficient (Wildman–Crippen LogP) is 3.80. The first-order chi connectivity index (χ1) is 10.5. The van der Waals surface area contributed by atoms with Gasteiger partial charge in [-0.1, -0.05) is 12.1 Å². The molecule has 1 heterocycles. The fraction of sp³-hybridized carbons (Fsp3) is 0.333. The van der Waals surface area contributed by atoms with Crippen LogP contribution in [0.5, 0.6) is 0 Å². The van der Waals surface area contributed by atoms with Gasteiger partial charge in [-0.05, 0) is 57.0 Å². The molecule has 0 aliphatic rings. The summed E-state index contributed by atoms with van der Waals surface area (Å²) in [5.74, 6) is -0.178. The molecular formula is C18H23N3O. The molecule has 1 amide bonds. The maximum Gasteiger partial charge on any atom is 0.274 e. The molecule has 0 saturated heterocycles. The van der Waals surface area contributed by atoms with Gasteiger partial charge in [-0.3, -0.25) is 9.78 Å². The Balaban J connectivity index is 2.23. The lowest BCUT2D eigenvalue weighted by molar-refractivity contribution is 0.102. The molecule has 4 heteroatoms. The van der Waals surface area contributed by atoms with Gasteiger partial charge >= 0.3 is 0 Å². The second-order valence-electron chi connectivity index (χ2n) is 5.34. The number of pyridine rings is 1. The maximum atomic E-state index is 12.4. The fourth-order valence-corrected chi connectivity index (χ4v) is 2.39. The van der Waals surface area contributed by atoms with Gasteiger partial charge in [-0.15, -0.1) is 0 Å². The van der Waals surface area contributed by atoms with Crippen LogP contribution in [0.25, 0.3) is 0 Å². The molecule has 0 aliphatic heterocycles. The molecule has 1 N–H and O–H groups in total. The van der Waals surface area contributed by atoms with Gasteiger partial charge in [0.15, 0.2) is 0 Å². The number of nitrogens with one attached hydrogen (secondary N) is 1. The summed E-state index contributed by atoms with van der Waals surface area (Å²) in [5, 5.41) is 2.95. The first kappa shape index (κ1) is 16.0. The zero-order valence-electron chi connectivity index (χ0n) is 13.7. The summed E-state index contributed by atoms with van der Waals surface area (Å²) < 4.78 is 0. The lowest BCUT2D eigenvalue weighted by Crippen LogP contribution is -2.23. The third-order valence-corrected chi connectivity index (χ3v) is 3.75. The fourth-order valence-electron chi connectivity index (χ4n) is 2.39. The van der Waals surface area contributed by atoms with Crippen LogP contribution < -0.4 is 10.2 Å². The number of carbonyl (C=O) groups is 1. The van der Waals surface area contributed by atoms with E-state index in [4.69, 9.17) is 0 Å². The van der Waals surface area contributed by atoms with E-state index in [2.05, 4.69) is 29.0 Å². The van der Waals surface area contributed by atoms with Crippen LogP contribution in [0.15, 0.2) is 36.5 Å². The Kier molecular flexibility index (Phi) is 5.15. The van der Waals surface area contributed by atoms with Crippen LogP contribution >= 0.6 is 0 Å². The van der Waals surface area contributed by atoms with Crippen LogP contribution in [0.3, 0.4) is 0 Å². The van der Waals surface area contributed by atoms with Gasteiger partial charge in [-0.2, -0.15) is 0 Å². The molecule has 4 nitrogen and oxygen atoms in total. The van der Waals surface area contributed by atoms with Crippen LogP contribution in [0, 0.1) is 13.8 Å². The quantitative estimate of drug-likeness (QED) is 0.913. The smallest absolute Gasteiger partial charge is 0.274 e. The first-order valence-corrected chi connectivity index (χ1v) is 7.64. The molecule has 0 aliphatic carbocycles. The van der Waals surface area contributed by atoms with Crippen LogP contribution in [-0.2, 0) is 0 Å². The summed E-state index contributed by atoms with van der Waals surface area (Å²) >= 11 is 0. The molecule has 22 heavy (non-hydrogen) atoms. The number of benzene rings is 1. The monoisotopic (exact) mass is 297 g/mol. The minimum absolute atomic E-state index is 0.178. The van der Waals surface area contributed by atoms with Crippen molar-refractivity contribution in [3.63, 3.8) is 0 Å². The molecule has 1 aromatic heterocycles. The lowest BCUT2D eigenvalue weighted by Gasteiger charge is -2.21. The van der Waals surface area contributed by atoms with E-state index in [0.717, 1.165) is 35.6 Å². The average molecular weight is 297 g/mol. The van der Waals surface area contributed by atoms with E-state index >= 15 is 0 Å². The van der Waals surface area contributed by atoms with Gasteiger partial charge in [0, 0.05) is 30.7 Å². The van der Waals surface area contributed by atoms with Crippen molar-refractivity contribution < 1.29 is 4.79 Å². The maximum absolute atomic E-state index is 12.4. The topological polar surface area (TPSA) is 45.2 Å². The van der Waals surface area contributed by atoms with Crippen LogP contribution in [0.4, 0.5) is 11.4 Å². The van der Waals surface area contributed by atoms with Gasteiger partial charge in [-0.25, -0.2) is 0 Å². The summed E-state index contributed by atoms with van der Waals surface area (Å²) in [6, 6.07) is 9.78. The molecule has 0 fully saturated rings. The summed E-state index contributed by atoms with van der Waals surface area (Å²) in [6.07, 6.45) is 1.69. The van der Waals surface area contributed by atoms with E-state index in [1.54, 1.807) is 6.20 Å². The highest BCUT2D eigenvalue weighted by Crippen LogP contribution is 2.19. The number of aromatic nitrogens is 1. The summed E-state index contributed by atoms with van der Waals surface area (Å²) in [4.78, 5) is 18.8. The number of aryl methyl sites for hydroxylation is 2. The molecule has 0 bridgehead atoms. The second kappa shape index (κ2) is 7.07. The highest BCUT2D eigenvalue weighted by Gasteiger charge is 2.11. The van der Waals surface area contributed by atoms with Gasteiger partial charge in [0.05, 0.1) is 0 Å². The molecule has 0 radical (unpaired) electrons. The van der Waals surface area contributed by atoms with E-state index in [9.17, 15) is 4.79 Å². The molecule has 116 valence electrons. The van der Waals surface area contributed by atoms with E-state index in [-0.39, 0.29) is 5.91 Å². The summed E-state index contributed by atoms with van der Waals surface area (Å²) in [5.41, 5.74) is 4.45. The largest absolute Gasteiger partial charge is 0.372 e.